The Kier molecular flexibility index (Phi) is 4.36. The first kappa shape index (κ1) is 15.3. The van der Waals surface area contributed by atoms with Gasteiger partial charge in [0.05, 0.1) is 13.2 Å². The zero-order chi connectivity index (χ0) is 15.5. The Balaban J connectivity index is 1.79. The molecule has 3 rings (SSSR count). The van der Waals surface area contributed by atoms with E-state index in [1.54, 1.807) is 0 Å². The first-order chi connectivity index (χ1) is 10.7. The molecule has 5 nitrogen and oxygen atoms in total. The van der Waals surface area contributed by atoms with Gasteiger partial charge in [0, 0.05) is 19.3 Å². The molecule has 0 unspecified atom stereocenters. The molecule has 1 heterocycles. The van der Waals surface area contributed by atoms with Gasteiger partial charge in [-0.3, -0.25) is 5.41 Å². The van der Waals surface area contributed by atoms with Crippen molar-refractivity contribution in [2.24, 2.45) is 5.11 Å². The minimum Gasteiger partial charge on any atom is -0.348 e. The molecule has 2 N–H and O–H groups in total. The average Bonchev–Trinajstić information content (AvgIpc) is 3.04. The predicted molar refractivity (Wildman–Crippen MR) is 83.3 cm³/mol. The van der Waals surface area contributed by atoms with Gasteiger partial charge in [0.2, 0.25) is 0 Å². The van der Waals surface area contributed by atoms with Crippen LogP contribution < -0.4 is 0 Å². The summed E-state index contributed by atoms with van der Waals surface area (Å²) in [6.45, 7) is 1.39. The van der Waals surface area contributed by atoms with E-state index in [1.165, 1.54) is 5.56 Å². The van der Waals surface area contributed by atoms with Crippen LogP contribution >= 0.6 is 0 Å². The van der Waals surface area contributed by atoms with Gasteiger partial charge in [0.1, 0.15) is 5.84 Å². The fourth-order valence-electron chi connectivity index (χ4n) is 3.78. The Morgan fingerprint density at radius 1 is 1.05 bits per heavy atom. The zero-order valence-corrected chi connectivity index (χ0v) is 12.8. The Hall–Kier alpha value is -1.59. The van der Waals surface area contributed by atoms with E-state index in [0.717, 1.165) is 32.1 Å². The fraction of sp³-hybridized carbons (Fsp3) is 0.588. The molecule has 0 radical (unpaired) electrons. The monoisotopic (exact) mass is 301 g/mol. The molecule has 2 fully saturated rings. The maximum atomic E-state index is 7.66. The Morgan fingerprint density at radius 2 is 1.68 bits per heavy atom. The maximum absolute atomic E-state index is 7.66. The quantitative estimate of drug-likeness (QED) is 0.500. The molecule has 1 spiro atoms. The lowest BCUT2D eigenvalue weighted by Gasteiger charge is -2.44. The van der Waals surface area contributed by atoms with Gasteiger partial charge in [0.25, 0.3) is 0 Å². The van der Waals surface area contributed by atoms with Crippen LogP contribution in [-0.4, -0.2) is 24.8 Å². The lowest BCUT2D eigenvalue weighted by atomic mass is 9.65. The molecule has 5 heteroatoms. The molecule has 1 saturated carbocycles. The largest absolute Gasteiger partial charge is 0.348 e. The second-order valence-electron chi connectivity index (χ2n) is 6.31. The first-order valence-corrected chi connectivity index (χ1v) is 7.96. The number of hydrogen-bond donors (Lipinski definition) is 2. The Morgan fingerprint density at radius 3 is 2.27 bits per heavy atom. The van der Waals surface area contributed by atoms with Gasteiger partial charge in [-0.05, 0) is 30.2 Å². The SMILES string of the molecule is N=NC(=N)CCC1(c2ccccc2)CCC2(CC1)OCCO2. The van der Waals surface area contributed by atoms with E-state index in [1.807, 2.05) is 6.07 Å². The highest BCUT2D eigenvalue weighted by molar-refractivity contribution is 5.79. The first-order valence-electron chi connectivity index (χ1n) is 7.96. The van der Waals surface area contributed by atoms with Crippen LogP contribution in [0.2, 0.25) is 0 Å². The van der Waals surface area contributed by atoms with Gasteiger partial charge in [0.15, 0.2) is 5.79 Å². The van der Waals surface area contributed by atoms with Crippen molar-refractivity contribution in [3.05, 3.63) is 35.9 Å². The fourth-order valence-corrected chi connectivity index (χ4v) is 3.78. The summed E-state index contributed by atoms with van der Waals surface area (Å²) in [5.41, 5.74) is 8.35. The zero-order valence-electron chi connectivity index (χ0n) is 12.8. The van der Waals surface area contributed by atoms with Crippen LogP contribution in [-0.2, 0) is 14.9 Å². The molecule has 0 bridgehead atoms. The van der Waals surface area contributed by atoms with E-state index >= 15 is 0 Å². The standard InChI is InChI=1S/C17H23N3O2/c18-15(20-19)6-7-16(14-4-2-1-3-5-14)8-10-17(11-9-16)21-12-13-22-17/h1-5,18-19H,6-13H2. The van der Waals surface area contributed by atoms with Crippen molar-refractivity contribution in [1.29, 1.82) is 10.9 Å². The number of benzene rings is 1. The molecule has 0 aromatic heterocycles. The minimum atomic E-state index is -0.369. The van der Waals surface area contributed by atoms with Crippen LogP contribution in [0.15, 0.2) is 35.4 Å². The maximum Gasteiger partial charge on any atom is 0.168 e. The van der Waals surface area contributed by atoms with Crippen LogP contribution in [0.3, 0.4) is 0 Å². The van der Waals surface area contributed by atoms with E-state index in [2.05, 4.69) is 29.4 Å². The van der Waals surface area contributed by atoms with E-state index in [9.17, 15) is 0 Å². The number of nitrogens with one attached hydrogen (secondary N) is 2. The number of amidine groups is 1. The predicted octanol–water partition coefficient (Wildman–Crippen LogP) is 4.03. The number of hydrogen-bond acceptors (Lipinski definition) is 4. The Bertz CT molecular complexity index is 528. The van der Waals surface area contributed by atoms with Crippen molar-refractivity contribution >= 4 is 5.84 Å². The van der Waals surface area contributed by atoms with Gasteiger partial charge in [-0.2, -0.15) is 0 Å². The van der Waals surface area contributed by atoms with Crippen molar-refractivity contribution in [2.75, 3.05) is 13.2 Å². The lowest BCUT2D eigenvalue weighted by Crippen LogP contribution is -2.42. The van der Waals surface area contributed by atoms with Crippen molar-refractivity contribution in [2.45, 2.75) is 49.7 Å². The molecular formula is C17H23N3O2. The van der Waals surface area contributed by atoms with E-state index < -0.39 is 0 Å². The molecular weight excluding hydrogens is 278 g/mol. The van der Waals surface area contributed by atoms with Crippen molar-refractivity contribution in [3.8, 4) is 0 Å². The third-order valence-electron chi connectivity index (χ3n) is 5.14. The molecule has 1 aromatic carbocycles. The van der Waals surface area contributed by atoms with E-state index in [0.29, 0.717) is 19.6 Å². The van der Waals surface area contributed by atoms with Crippen molar-refractivity contribution in [3.63, 3.8) is 0 Å². The number of rotatable bonds is 4. The normalized spacial score (nSPS) is 22.5. The average molecular weight is 301 g/mol. The molecule has 1 aliphatic heterocycles. The topological polar surface area (TPSA) is 78.5 Å². The van der Waals surface area contributed by atoms with Crippen LogP contribution in [0.5, 0.6) is 0 Å². The third-order valence-corrected chi connectivity index (χ3v) is 5.14. The van der Waals surface area contributed by atoms with Gasteiger partial charge in [-0.1, -0.05) is 30.3 Å². The highest BCUT2D eigenvalue weighted by Crippen LogP contribution is 2.48. The molecule has 1 saturated heterocycles. The smallest absolute Gasteiger partial charge is 0.168 e. The van der Waals surface area contributed by atoms with Crippen molar-refractivity contribution in [1.82, 2.24) is 0 Å². The summed E-state index contributed by atoms with van der Waals surface area (Å²) in [6.07, 6.45) is 5.17. The second kappa shape index (κ2) is 6.26. The van der Waals surface area contributed by atoms with Gasteiger partial charge >= 0.3 is 0 Å². The summed E-state index contributed by atoms with van der Waals surface area (Å²) in [6, 6.07) is 10.5. The van der Waals surface area contributed by atoms with Gasteiger partial charge in [-0.25, -0.2) is 5.53 Å². The molecule has 1 aromatic rings. The molecule has 118 valence electrons. The number of nitrogens with zero attached hydrogens (tertiary/aromatic N) is 1. The highest BCUT2D eigenvalue weighted by atomic mass is 16.7. The lowest BCUT2D eigenvalue weighted by molar-refractivity contribution is -0.185. The summed E-state index contributed by atoms with van der Waals surface area (Å²) < 4.78 is 11.7. The van der Waals surface area contributed by atoms with E-state index in [-0.39, 0.29) is 17.0 Å². The van der Waals surface area contributed by atoms with Gasteiger partial charge in [-0.15, -0.1) is 5.11 Å². The summed E-state index contributed by atoms with van der Waals surface area (Å²) >= 11 is 0. The molecule has 0 atom stereocenters. The van der Waals surface area contributed by atoms with Crippen LogP contribution in [0.25, 0.3) is 0 Å². The van der Waals surface area contributed by atoms with Crippen LogP contribution in [0.4, 0.5) is 0 Å². The summed E-state index contributed by atoms with van der Waals surface area (Å²) in [7, 11) is 0. The molecule has 22 heavy (non-hydrogen) atoms. The molecule has 2 aliphatic rings. The second-order valence-corrected chi connectivity index (χ2v) is 6.31. The van der Waals surface area contributed by atoms with Crippen molar-refractivity contribution < 1.29 is 9.47 Å². The molecule has 0 amide bonds. The minimum absolute atomic E-state index is 0.0405. The number of ether oxygens (including phenoxy) is 2. The Labute approximate surface area is 131 Å². The van der Waals surface area contributed by atoms with Crippen LogP contribution in [0.1, 0.15) is 44.1 Å². The molecule has 1 aliphatic carbocycles. The summed E-state index contributed by atoms with van der Waals surface area (Å²) in [5, 5.41) is 10.9. The van der Waals surface area contributed by atoms with Gasteiger partial charge < -0.3 is 9.47 Å². The third kappa shape index (κ3) is 2.96. The van der Waals surface area contributed by atoms with Crippen LogP contribution in [0, 0.1) is 10.9 Å². The summed E-state index contributed by atoms with van der Waals surface area (Å²) in [4.78, 5) is 0. The van der Waals surface area contributed by atoms with E-state index in [4.69, 9.17) is 20.4 Å². The summed E-state index contributed by atoms with van der Waals surface area (Å²) in [5.74, 6) is -0.213. The highest BCUT2D eigenvalue weighted by Gasteiger charge is 2.46.